The van der Waals surface area contributed by atoms with Crippen LogP contribution >= 0.6 is 0 Å². The van der Waals surface area contributed by atoms with Crippen molar-refractivity contribution in [3.8, 4) is 0 Å². The Labute approximate surface area is 111 Å². The molecule has 0 aliphatic carbocycles. The van der Waals surface area contributed by atoms with Crippen molar-refractivity contribution in [1.82, 2.24) is 4.57 Å². The van der Waals surface area contributed by atoms with Crippen LogP contribution in [0.4, 0.5) is 5.82 Å². The first-order chi connectivity index (χ1) is 9.12. The minimum Gasteiger partial charge on any atom is -0.385 e. The third-order valence-electron chi connectivity index (χ3n) is 4.07. The summed E-state index contributed by atoms with van der Waals surface area (Å²) in [5.41, 5.74) is 5.88. The summed E-state index contributed by atoms with van der Waals surface area (Å²) in [4.78, 5) is 12.7. The summed E-state index contributed by atoms with van der Waals surface area (Å²) in [5, 5.41) is 1.63. The molecule has 0 saturated carbocycles. The number of nitrogens with two attached hydrogens (primary N) is 1. The van der Waals surface area contributed by atoms with Crippen LogP contribution in [0.5, 0.6) is 0 Å². The molecule has 0 atom stereocenters. The maximum atomic E-state index is 12.7. The van der Waals surface area contributed by atoms with Gasteiger partial charge < -0.3 is 10.5 Å². The molecule has 1 saturated heterocycles. The van der Waals surface area contributed by atoms with E-state index in [-0.39, 0.29) is 11.1 Å². The van der Waals surface area contributed by atoms with E-state index in [2.05, 4.69) is 6.92 Å². The lowest BCUT2D eigenvalue weighted by Gasteiger charge is -2.36. The number of rotatable bonds is 1. The minimum absolute atomic E-state index is 0.000000000000000444. The Kier molecular flexibility index (Phi) is 2.82. The Hall–Kier alpha value is -1.81. The van der Waals surface area contributed by atoms with Crippen LogP contribution in [0.25, 0.3) is 10.8 Å². The minimum atomic E-state index is -0.247. The van der Waals surface area contributed by atoms with E-state index in [9.17, 15) is 4.79 Å². The van der Waals surface area contributed by atoms with Gasteiger partial charge in [-0.2, -0.15) is 0 Å². The van der Waals surface area contributed by atoms with Crippen LogP contribution in [-0.2, 0) is 10.3 Å². The lowest BCUT2D eigenvalue weighted by molar-refractivity contribution is 0.0292. The fourth-order valence-corrected chi connectivity index (χ4v) is 2.87. The van der Waals surface area contributed by atoms with Crippen molar-refractivity contribution in [2.24, 2.45) is 0 Å². The molecule has 2 heterocycles. The maximum Gasteiger partial charge on any atom is 0.260 e. The Morgan fingerprint density at radius 2 is 1.95 bits per heavy atom. The summed E-state index contributed by atoms with van der Waals surface area (Å²) < 4.78 is 7.15. The predicted molar refractivity (Wildman–Crippen MR) is 76.3 cm³/mol. The highest BCUT2D eigenvalue weighted by atomic mass is 16.5. The summed E-state index contributed by atoms with van der Waals surface area (Å²) in [6, 6.07) is 9.47. The van der Waals surface area contributed by atoms with E-state index in [4.69, 9.17) is 10.5 Å². The summed E-state index contributed by atoms with van der Waals surface area (Å²) >= 11 is 0. The molecule has 2 aromatic rings. The number of aromatic nitrogens is 1. The van der Waals surface area contributed by atoms with Gasteiger partial charge in [0.15, 0.2) is 0 Å². The Morgan fingerprint density at radius 3 is 2.68 bits per heavy atom. The second-order valence-corrected chi connectivity index (χ2v) is 5.41. The number of hydrogen-bond acceptors (Lipinski definition) is 3. The quantitative estimate of drug-likeness (QED) is 0.852. The average Bonchev–Trinajstić information content (AvgIpc) is 2.39. The van der Waals surface area contributed by atoms with E-state index in [1.54, 1.807) is 4.57 Å². The van der Waals surface area contributed by atoms with Gasteiger partial charge in [0.1, 0.15) is 5.82 Å². The van der Waals surface area contributed by atoms with Gasteiger partial charge in [-0.25, -0.2) is 0 Å². The zero-order chi connectivity index (χ0) is 13.5. The monoisotopic (exact) mass is 258 g/mol. The third kappa shape index (κ3) is 1.92. The van der Waals surface area contributed by atoms with Crippen molar-refractivity contribution in [1.29, 1.82) is 0 Å². The fraction of sp³-hybridized carbons (Fsp3) is 0.400. The summed E-state index contributed by atoms with van der Waals surface area (Å²) in [7, 11) is 0. The van der Waals surface area contributed by atoms with Crippen LogP contribution < -0.4 is 11.3 Å². The van der Waals surface area contributed by atoms with Crippen molar-refractivity contribution < 1.29 is 4.74 Å². The normalized spacial score (nSPS) is 18.6. The van der Waals surface area contributed by atoms with E-state index < -0.39 is 0 Å². The van der Waals surface area contributed by atoms with Crippen LogP contribution in [0.15, 0.2) is 35.1 Å². The summed E-state index contributed by atoms with van der Waals surface area (Å²) in [6.07, 6.45) is 1.63. The Bertz CT molecular complexity index is 669. The van der Waals surface area contributed by atoms with Gasteiger partial charge in [0.25, 0.3) is 5.56 Å². The van der Waals surface area contributed by atoms with Crippen LogP contribution in [0, 0.1) is 0 Å². The molecule has 0 radical (unpaired) electrons. The summed E-state index contributed by atoms with van der Waals surface area (Å²) in [6.45, 7) is 3.44. The highest BCUT2D eigenvalue weighted by molar-refractivity contribution is 5.83. The molecule has 0 spiro atoms. The van der Waals surface area contributed by atoms with Gasteiger partial charge in [-0.1, -0.05) is 18.2 Å². The molecular formula is C15H18N2O2. The molecule has 1 aliphatic rings. The van der Waals surface area contributed by atoms with E-state index in [1.165, 1.54) is 0 Å². The van der Waals surface area contributed by atoms with Crippen molar-refractivity contribution >= 4 is 16.6 Å². The largest absolute Gasteiger partial charge is 0.385 e. The van der Waals surface area contributed by atoms with Crippen LogP contribution in [0.3, 0.4) is 0 Å². The topological polar surface area (TPSA) is 57.2 Å². The number of fused-ring (bicyclic) bond motifs is 1. The SMILES string of the molecule is CC1(n2c(N)cc3ccccc3c2=O)CCOCC1. The Morgan fingerprint density at radius 1 is 1.26 bits per heavy atom. The molecule has 4 heteroatoms. The van der Waals surface area contributed by atoms with Crippen molar-refractivity contribution in [2.45, 2.75) is 25.3 Å². The number of nitrogen functional groups attached to an aromatic ring is 1. The van der Waals surface area contributed by atoms with Gasteiger partial charge in [0, 0.05) is 18.6 Å². The van der Waals surface area contributed by atoms with Gasteiger partial charge in [0.05, 0.1) is 5.54 Å². The highest BCUT2D eigenvalue weighted by Gasteiger charge is 2.31. The number of benzene rings is 1. The number of ether oxygens (including phenoxy) is 1. The van der Waals surface area contributed by atoms with E-state index in [0.29, 0.717) is 19.0 Å². The van der Waals surface area contributed by atoms with Crippen LogP contribution in [-0.4, -0.2) is 17.8 Å². The number of anilines is 1. The molecule has 0 unspecified atom stereocenters. The first-order valence-electron chi connectivity index (χ1n) is 6.60. The second kappa shape index (κ2) is 4.38. The molecule has 1 aromatic carbocycles. The number of nitrogens with zero attached hydrogens (tertiary/aromatic N) is 1. The number of hydrogen-bond donors (Lipinski definition) is 1. The van der Waals surface area contributed by atoms with E-state index in [0.717, 1.165) is 23.6 Å². The maximum absolute atomic E-state index is 12.7. The molecule has 1 aromatic heterocycles. The fourth-order valence-electron chi connectivity index (χ4n) is 2.87. The predicted octanol–water partition coefficient (Wildman–Crippen LogP) is 2.11. The second-order valence-electron chi connectivity index (χ2n) is 5.41. The van der Waals surface area contributed by atoms with Crippen LogP contribution in [0.2, 0.25) is 0 Å². The molecule has 19 heavy (non-hydrogen) atoms. The lowest BCUT2D eigenvalue weighted by Crippen LogP contribution is -2.44. The van der Waals surface area contributed by atoms with Crippen molar-refractivity contribution in [3.05, 3.63) is 40.7 Å². The molecule has 100 valence electrons. The van der Waals surface area contributed by atoms with Gasteiger partial charge in [-0.05, 0) is 37.3 Å². The van der Waals surface area contributed by atoms with Crippen molar-refractivity contribution in [3.63, 3.8) is 0 Å². The third-order valence-corrected chi connectivity index (χ3v) is 4.07. The van der Waals surface area contributed by atoms with Crippen LogP contribution in [0.1, 0.15) is 19.8 Å². The molecule has 3 rings (SSSR count). The molecular weight excluding hydrogens is 240 g/mol. The molecule has 4 nitrogen and oxygen atoms in total. The number of pyridine rings is 1. The van der Waals surface area contributed by atoms with Gasteiger partial charge in [0.2, 0.25) is 0 Å². The molecule has 1 fully saturated rings. The van der Waals surface area contributed by atoms with Gasteiger partial charge >= 0.3 is 0 Å². The smallest absolute Gasteiger partial charge is 0.260 e. The molecule has 1 aliphatic heterocycles. The van der Waals surface area contributed by atoms with Crippen molar-refractivity contribution in [2.75, 3.05) is 18.9 Å². The van der Waals surface area contributed by atoms with Gasteiger partial charge in [-0.3, -0.25) is 9.36 Å². The highest BCUT2D eigenvalue weighted by Crippen LogP contribution is 2.30. The first-order valence-corrected chi connectivity index (χ1v) is 6.60. The van der Waals surface area contributed by atoms with Gasteiger partial charge in [-0.15, -0.1) is 0 Å². The van der Waals surface area contributed by atoms with E-state index in [1.807, 2.05) is 30.3 Å². The molecule has 0 amide bonds. The Balaban J connectivity index is 2.26. The first kappa shape index (κ1) is 12.2. The lowest BCUT2D eigenvalue weighted by atomic mass is 9.91. The standard InChI is InChI=1S/C15H18N2O2/c1-15(6-8-19-9-7-15)17-13(16)10-11-4-2-3-5-12(11)14(17)18/h2-5,10H,6-9,16H2,1H3. The molecule has 0 bridgehead atoms. The molecule has 2 N–H and O–H groups in total. The summed E-state index contributed by atoms with van der Waals surface area (Å²) in [5.74, 6) is 0.535. The zero-order valence-corrected chi connectivity index (χ0v) is 11.1. The van der Waals surface area contributed by atoms with E-state index >= 15 is 0 Å². The zero-order valence-electron chi connectivity index (χ0n) is 11.1. The average molecular weight is 258 g/mol.